The Morgan fingerprint density at radius 3 is 2.57 bits per heavy atom. The molecule has 2 nitrogen and oxygen atoms in total. The predicted octanol–water partition coefficient (Wildman–Crippen LogP) is 3.03. The first kappa shape index (κ1) is 12.0. The van der Waals surface area contributed by atoms with Crippen molar-refractivity contribution in [2.45, 2.75) is 11.8 Å². The fraction of sp³-hybridized carbons (Fsp3) is 0.222. The number of benzene rings is 1. The number of hydrogen-bond acceptors (Lipinski definition) is 1. The van der Waals surface area contributed by atoms with Crippen LogP contribution in [0.15, 0.2) is 16.6 Å². The third-order valence-electron chi connectivity index (χ3n) is 1.75. The standard InChI is InChI=1S/C9H8Br2ClNO/c10-4-6-1-7(11)8(12)2-5(6)3-9(13)14/h1-2H,3-4H2,(H2,13,14). The van der Waals surface area contributed by atoms with E-state index in [2.05, 4.69) is 31.9 Å². The first-order chi connectivity index (χ1) is 6.54. The number of rotatable bonds is 3. The van der Waals surface area contributed by atoms with E-state index in [4.69, 9.17) is 17.3 Å². The molecule has 76 valence electrons. The number of nitrogens with two attached hydrogens (primary N) is 1. The van der Waals surface area contributed by atoms with Gasteiger partial charge in [0.1, 0.15) is 0 Å². The summed E-state index contributed by atoms with van der Waals surface area (Å²) in [6.45, 7) is 0. The predicted molar refractivity (Wildman–Crippen MR) is 64.7 cm³/mol. The number of halogens is 3. The van der Waals surface area contributed by atoms with Gasteiger partial charge in [0.15, 0.2) is 0 Å². The molecule has 0 radical (unpaired) electrons. The normalized spacial score (nSPS) is 10.2. The number of hydrogen-bond donors (Lipinski definition) is 1. The van der Waals surface area contributed by atoms with Gasteiger partial charge in [0, 0.05) is 9.80 Å². The molecule has 1 rings (SSSR count). The molecule has 0 bridgehead atoms. The van der Waals surface area contributed by atoms with Crippen molar-refractivity contribution in [1.82, 2.24) is 0 Å². The molecule has 0 spiro atoms. The van der Waals surface area contributed by atoms with Gasteiger partial charge in [-0.2, -0.15) is 0 Å². The van der Waals surface area contributed by atoms with E-state index in [0.717, 1.165) is 15.6 Å². The molecule has 0 atom stereocenters. The third-order valence-corrected chi connectivity index (χ3v) is 3.55. The highest BCUT2D eigenvalue weighted by Crippen LogP contribution is 2.27. The van der Waals surface area contributed by atoms with Gasteiger partial charge in [-0.05, 0) is 39.2 Å². The van der Waals surface area contributed by atoms with E-state index in [9.17, 15) is 4.79 Å². The van der Waals surface area contributed by atoms with E-state index in [1.807, 2.05) is 6.07 Å². The van der Waals surface area contributed by atoms with Gasteiger partial charge < -0.3 is 5.73 Å². The largest absolute Gasteiger partial charge is 0.369 e. The van der Waals surface area contributed by atoms with E-state index in [1.54, 1.807) is 6.07 Å². The second-order valence-electron chi connectivity index (χ2n) is 2.81. The molecule has 2 N–H and O–H groups in total. The van der Waals surface area contributed by atoms with Gasteiger partial charge in [0.2, 0.25) is 5.91 Å². The van der Waals surface area contributed by atoms with Crippen LogP contribution in [-0.4, -0.2) is 5.91 Å². The molecule has 0 saturated heterocycles. The molecule has 0 saturated carbocycles. The Kier molecular flexibility index (Phi) is 4.41. The molecule has 0 aliphatic heterocycles. The minimum Gasteiger partial charge on any atom is -0.369 e. The zero-order valence-electron chi connectivity index (χ0n) is 7.19. The molecule has 0 heterocycles. The Hall–Kier alpha value is -0.0600. The molecule has 5 heteroatoms. The highest BCUT2D eigenvalue weighted by Gasteiger charge is 2.08. The Morgan fingerprint density at radius 2 is 2.07 bits per heavy atom. The molecule has 0 aliphatic carbocycles. The summed E-state index contributed by atoms with van der Waals surface area (Å²) in [6, 6.07) is 3.64. The van der Waals surface area contributed by atoms with Crippen LogP contribution in [0.2, 0.25) is 5.02 Å². The molecule has 1 aromatic carbocycles. The maximum Gasteiger partial charge on any atom is 0.221 e. The Labute approximate surface area is 104 Å². The second kappa shape index (κ2) is 5.14. The first-order valence-electron chi connectivity index (χ1n) is 3.85. The van der Waals surface area contributed by atoms with Gasteiger partial charge in [-0.25, -0.2) is 0 Å². The molecule has 1 amide bonds. The van der Waals surface area contributed by atoms with Crippen molar-refractivity contribution in [1.29, 1.82) is 0 Å². The molecular weight excluding hydrogens is 333 g/mol. The molecule has 0 fully saturated rings. The van der Waals surface area contributed by atoms with Crippen molar-refractivity contribution < 1.29 is 4.79 Å². The van der Waals surface area contributed by atoms with E-state index >= 15 is 0 Å². The van der Waals surface area contributed by atoms with Crippen molar-refractivity contribution in [2.75, 3.05) is 0 Å². The summed E-state index contributed by atoms with van der Waals surface area (Å²) >= 11 is 12.6. The van der Waals surface area contributed by atoms with Crippen LogP contribution in [0.1, 0.15) is 11.1 Å². The molecule has 1 aromatic rings. The SMILES string of the molecule is NC(=O)Cc1cc(Cl)c(Br)cc1CBr. The maximum atomic E-state index is 10.8. The second-order valence-corrected chi connectivity index (χ2v) is 4.63. The minimum absolute atomic E-state index is 0.216. The fourth-order valence-electron chi connectivity index (χ4n) is 1.11. The third kappa shape index (κ3) is 2.97. The minimum atomic E-state index is -0.356. The lowest BCUT2D eigenvalue weighted by Gasteiger charge is -2.07. The van der Waals surface area contributed by atoms with Crippen LogP contribution in [0.3, 0.4) is 0 Å². The van der Waals surface area contributed by atoms with Crippen LogP contribution in [0.25, 0.3) is 0 Å². The Morgan fingerprint density at radius 1 is 1.43 bits per heavy atom. The first-order valence-corrected chi connectivity index (χ1v) is 6.15. The topological polar surface area (TPSA) is 43.1 Å². The summed E-state index contributed by atoms with van der Waals surface area (Å²) < 4.78 is 0.821. The summed E-state index contributed by atoms with van der Waals surface area (Å²) in [6.07, 6.45) is 0.216. The number of primary amides is 1. The summed E-state index contributed by atoms with van der Waals surface area (Å²) in [4.78, 5) is 10.8. The number of alkyl halides is 1. The van der Waals surface area contributed by atoms with E-state index < -0.39 is 0 Å². The molecule has 0 unspecified atom stereocenters. The summed E-state index contributed by atoms with van der Waals surface area (Å²) in [5.41, 5.74) is 7.00. The molecule has 14 heavy (non-hydrogen) atoms. The number of carbonyl (C=O) groups excluding carboxylic acids is 1. The molecule has 0 aromatic heterocycles. The quantitative estimate of drug-likeness (QED) is 0.844. The zero-order valence-corrected chi connectivity index (χ0v) is 11.1. The van der Waals surface area contributed by atoms with Gasteiger partial charge in [0.25, 0.3) is 0 Å². The summed E-state index contributed by atoms with van der Waals surface area (Å²) in [7, 11) is 0. The van der Waals surface area contributed by atoms with Crippen LogP contribution >= 0.6 is 43.5 Å². The van der Waals surface area contributed by atoms with Gasteiger partial charge >= 0.3 is 0 Å². The lowest BCUT2D eigenvalue weighted by Crippen LogP contribution is -2.14. The Balaban J connectivity index is 3.13. The van der Waals surface area contributed by atoms with E-state index in [-0.39, 0.29) is 12.3 Å². The van der Waals surface area contributed by atoms with Gasteiger partial charge in [0.05, 0.1) is 11.4 Å². The summed E-state index contributed by atoms with van der Waals surface area (Å²) in [5, 5.41) is 1.26. The van der Waals surface area contributed by atoms with Gasteiger partial charge in [-0.15, -0.1) is 0 Å². The monoisotopic (exact) mass is 339 g/mol. The van der Waals surface area contributed by atoms with Crippen LogP contribution < -0.4 is 5.73 Å². The maximum absolute atomic E-state index is 10.8. The van der Waals surface area contributed by atoms with Crippen molar-refractivity contribution in [2.24, 2.45) is 5.73 Å². The highest BCUT2D eigenvalue weighted by atomic mass is 79.9. The average Bonchev–Trinajstić information content (AvgIpc) is 2.10. The van der Waals surface area contributed by atoms with Crippen LogP contribution in [0, 0.1) is 0 Å². The van der Waals surface area contributed by atoms with E-state index in [0.29, 0.717) is 10.4 Å². The van der Waals surface area contributed by atoms with Crippen molar-refractivity contribution >= 4 is 49.4 Å². The summed E-state index contributed by atoms with van der Waals surface area (Å²) in [5.74, 6) is -0.356. The van der Waals surface area contributed by atoms with Crippen molar-refractivity contribution in [3.63, 3.8) is 0 Å². The van der Waals surface area contributed by atoms with Crippen LogP contribution in [0.5, 0.6) is 0 Å². The molecule has 0 aliphatic rings. The smallest absolute Gasteiger partial charge is 0.221 e. The fourth-order valence-corrected chi connectivity index (χ4v) is 2.20. The Bertz CT molecular complexity index is 368. The average molecular weight is 341 g/mol. The lowest BCUT2D eigenvalue weighted by molar-refractivity contribution is -0.117. The van der Waals surface area contributed by atoms with Crippen LogP contribution in [-0.2, 0) is 16.5 Å². The number of amides is 1. The zero-order chi connectivity index (χ0) is 10.7. The van der Waals surface area contributed by atoms with E-state index in [1.165, 1.54) is 0 Å². The van der Waals surface area contributed by atoms with Gasteiger partial charge in [-0.3, -0.25) is 4.79 Å². The highest BCUT2D eigenvalue weighted by molar-refractivity contribution is 9.10. The number of carbonyl (C=O) groups is 1. The van der Waals surface area contributed by atoms with Crippen LogP contribution in [0.4, 0.5) is 0 Å². The van der Waals surface area contributed by atoms with Gasteiger partial charge in [-0.1, -0.05) is 27.5 Å². The lowest BCUT2D eigenvalue weighted by atomic mass is 10.1. The van der Waals surface area contributed by atoms with Crippen molar-refractivity contribution in [3.05, 3.63) is 32.8 Å². The molecular formula is C9H8Br2ClNO. The van der Waals surface area contributed by atoms with Crippen molar-refractivity contribution in [3.8, 4) is 0 Å².